The lowest BCUT2D eigenvalue weighted by molar-refractivity contribution is -0.384. The summed E-state index contributed by atoms with van der Waals surface area (Å²) in [6.07, 6.45) is 0. The fraction of sp³-hybridized carbons (Fsp3) is 0. The zero-order valence-corrected chi connectivity index (χ0v) is 22.6. The topological polar surface area (TPSA) is 93.2 Å². The number of nitrogens with zero attached hydrogens (tertiary/aromatic N) is 2. The number of hydrogen-bond donors (Lipinski definition) is 0. The lowest BCUT2D eigenvalue weighted by Gasteiger charge is -2.12. The van der Waals surface area contributed by atoms with Crippen molar-refractivity contribution in [3.8, 4) is 39.4 Å². The fourth-order valence-electron chi connectivity index (χ4n) is 5.92. The molecule has 43 heavy (non-hydrogen) atoms. The van der Waals surface area contributed by atoms with Gasteiger partial charge in [-0.15, -0.1) is 0 Å². The first kappa shape index (κ1) is 24.6. The molecule has 6 aromatic carbocycles. The van der Waals surface area contributed by atoms with Crippen LogP contribution in [0, 0.1) is 21.4 Å². The summed E-state index contributed by atoms with van der Waals surface area (Å²) < 4.78 is 12.1. The first-order chi connectivity index (χ1) is 21.1. The Labute approximate surface area is 244 Å². The van der Waals surface area contributed by atoms with Crippen LogP contribution in [0.15, 0.2) is 130 Å². The van der Waals surface area contributed by atoms with Gasteiger partial charge in [0.25, 0.3) is 5.69 Å². The Morgan fingerprint density at radius 2 is 1.05 bits per heavy atom. The average molecular weight is 557 g/mol. The molecule has 0 aliphatic heterocycles. The normalized spacial score (nSPS) is 11.4. The molecular weight excluding hydrogens is 536 g/mol. The lowest BCUT2D eigenvalue weighted by atomic mass is 9.91. The van der Waals surface area contributed by atoms with Crippen LogP contribution in [0.4, 0.5) is 5.69 Å². The summed E-state index contributed by atoms with van der Waals surface area (Å²) in [4.78, 5) is 11.7. The molecule has 8 aromatic rings. The van der Waals surface area contributed by atoms with Crippen molar-refractivity contribution in [2.75, 3.05) is 0 Å². The second-order valence-electron chi connectivity index (χ2n) is 10.5. The molecule has 0 amide bonds. The van der Waals surface area contributed by atoms with Crippen molar-refractivity contribution in [1.82, 2.24) is 0 Å². The van der Waals surface area contributed by atoms with Crippen molar-refractivity contribution in [1.29, 1.82) is 5.26 Å². The van der Waals surface area contributed by atoms with E-state index in [2.05, 4.69) is 24.3 Å². The molecule has 2 aromatic heterocycles. The van der Waals surface area contributed by atoms with Crippen LogP contribution in [0.5, 0.6) is 0 Å². The molecule has 0 spiro atoms. The molecule has 2 heterocycles. The van der Waals surface area contributed by atoms with Crippen LogP contribution >= 0.6 is 0 Å². The van der Waals surface area contributed by atoms with Gasteiger partial charge in [-0.3, -0.25) is 10.1 Å². The quantitative estimate of drug-likeness (QED) is 0.159. The minimum Gasteiger partial charge on any atom is -0.456 e. The minimum atomic E-state index is -0.407. The Kier molecular flexibility index (Phi) is 5.40. The Hall–Kier alpha value is -6.19. The molecule has 0 saturated carbocycles. The molecule has 0 fully saturated rings. The van der Waals surface area contributed by atoms with E-state index in [1.165, 1.54) is 12.1 Å². The highest BCUT2D eigenvalue weighted by molar-refractivity contribution is 6.07. The van der Waals surface area contributed by atoms with Gasteiger partial charge in [0.15, 0.2) is 0 Å². The van der Waals surface area contributed by atoms with Gasteiger partial charge in [-0.05, 0) is 94.5 Å². The maximum atomic E-state index is 12.1. The van der Waals surface area contributed by atoms with E-state index in [0.717, 1.165) is 66.1 Å². The van der Waals surface area contributed by atoms with Crippen LogP contribution in [0.3, 0.4) is 0 Å². The Balaban J connectivity index is 1.39. The number of rotatable bonds is 4. The molecule has 8 rings (SSSR count). The van der Waals surface area contributed by atoms with Crippen molar-refractivity contribution < 1.29 is 13.8 Å². The molecule has 0 atom stereocenters. The van der Waals surface area contributed by atoms with E-state index in [0.29, 0.717) is 16.7 Å². The van der Waals surface area contributed by atoms with Gasteiger partial charge < -0.3 is 8.83 Å². The van der Waals surface area contributed by atoms with E-state index in [1.54, 1.807) is 6.07 Å². The summed E-state index contributed by atoms with van der Waals surface area (Å²) >= 11 is 0. The molecule has 202 valence electrons. The van der Waals surface area contributed by atoms with Crippen LogP contribution in [0.1, 0.15) is 5.56 Å². The Bertz CT molecular complexity index is 2330. The summed E-state index contributed by atoms with van der Waals surface area (Å²) in [6.45, 7) is 0. The molecule has 6 heteroatoms. The highest BCUT2D eigenvalue weighted by Crippen LogP contribution is 2.40. The Morgan fingerprint density at radius 1 is 0.535 bits per heavy atom. The number of para-hydroxylation sites is 2. The molecule has 0 radical (unpaired) electrons. The van der Waals surface area contributed by atoms with E-state index in [4.69, 9.17) is 8.83 Å². The first-order valence-electron chi connectivity index (χ1n) is 13.7. The molecule has 0 bridgehead atoms. The molecule has 0 saturated heterocycles. The maximum absolute atomic E-state index is 12.1. The summed E-state index contributed by atoms with van der Waals surface area (Å²) in [5, 5.41) is 25.7. The van der Waals surface area contributed by atoms with Crippen LogP contribution in [0.25, 0.3) is 77.3 Å². The van der Waals surface area contributed by atoms with Crippen LogP contribution in [0.2, 0.25) is 0 Å². The van der Waals surface area contributed by atoms with Gasteiger partial charge in [0, 0.05) is 27.6 Å². The SMILES string of the molecule is N#Cc1ccc([N+](=O)[O-])c(-c2cc(-c3ccc4oc5ccccc5c4c3)cc(-c3ccc4oc5ccccc5c4c3)c2)c1. The van der Waals surface area contributed by atoms with Crippen molar-refractivity contribution >= 4 is 49.6 Å². The highest BCUT2D eigenvalue weighted by Gasteiger charge is 2.19. The smallest absolute Gasteiger partial charge is 0.277 e. The molecule has 6 nitrogen and oxygen atoms in total. The predicted octanol–water partition coefficient (Wildman–Crippen LogP) is 10.3. The highest BCUT2D eigenvalue weighted by atomic mass is 16.6. The van der Waals surface area contributed by atoms with Gasteiger partial charge in [-0.2, -0.15) is 5.26 Å². The second-order valence-corrected chi connectivity index (χ2v) is 10.5. The maximum Gasteiger partial charge on any atom is 0.277 e. The van der Waals surface area contributed by atoms with Gasteiger partial charge >= 0.3 is 0 Å². The number of fused-ring (bicyclic) bond motifs is 6. The minimum absolute atomic E-state index is 0.0605. The number of nitriles is 1. The monoisotopic (exact) mass is 556 g/mol. The number of nitro groups is 1. The van der Waals surface area contributed by atoms with Crippen LogP contribution < -0.4 is 0 Å². The molecule has 0 unspecified atom stereocenters. The van der Waals surface area contributed by atoms with Crippen molar-refractivity contribution in [2.24, 2.45) is 0 Å². The third-order valence-electron chi connectivity index (χ3n) is 7.99. The van der Waals surface area contributed by atoms with E-state index < -0.39 is 4.92 Å². The zero-order valence-electron chi connectivity index (χ0n) is 22.6. The summed E-state index contributed by atoms with van der Waals surface area (Å²) in [5.41, 5.74) is 8.17. The van der Waals surface area contributed by atoms with E-state index in [-0.39, 0.29) is 5.69 Å². The van der Waals surface area contributed by atoms with Gasteiger partial charge in [-0.25, -0.2) is 0 Å². The summed E-state index contributed by atoms with van der Waals surface area (Å²) in [7, 11) is 0. The van der Waals surface area contributed by atoms with E-state index in [1.807, 2.05) is 84.9 Å². The summed E-state index contributed by atoms with van der Waals surface area (Å²) in [5.74, 6) is 0. The van der Waals surface area contributed by atoms with Crippen molar-refractivity contribution in [2.45, 2.75) is 0 Å². The first-order valence-corrected chi connectivity index (χ1v) is 13.7. The van der Waals surface area contributed by atoms with E-state index in [9.17, 15) is 15.4 Å². The third-order valence-corrected chi connectivity index (χ3v) is 7.99. The number of benzene rings is 6. The molecule has 0 N–H and O–H groups in total. The van der Waals surface area contributed by atoms with Gasteiger partial charge in [-0.1, -0.05) is 48.5 Å². The van der Waals surface area contributed by atoms with Gasteiger partial charge in [0.05, 0.1) is 22.1 Å². The summed E-state index contributed by atoms with van der Waals surface area (Å²) in [6, 6.07) is 40.5. The Morgan fingerprint density at radius 3 is 1.58 bits per heavy atom. The molecule has 0 aliphatic rings. The largest absolute Gasteiger partial charge is 0.456 e. The second kappa shape index (κ2) is 9.44. The van der Waals surface area contributed by atoms with Gasteiger partial charge in [0.2, 0.25) is 0 Å². The van der Waals surface area contributed by atoms with Crippen LogP contribution in [-0.2, 0) is 0 Å². The number of furan rings is 2. The number of nitro benzene ring substituents is 1. The lowest BCUT2D eigenvalue weighted by Crippen LogP contribution is -1.94. The van der Waals surface area contributed by atoms with E-state index >= 15 is 0 Å². The third kappa shape index (κ3) is 4.03. The molecule has 0 aliphatic carbocycles. The standard InChI is InChI=1S/C37H20N2O4/c38-21-22-9-12-33(39(40)41)30(15-22)27-17-25(23-10-13-36-31(19-23)28-5-1-3-7-34(28)42-36)16-26(18-27)24-11-14-37-32(20-24)29-6-2-4-8-35(29)43-37/h1-20H. The predicted molar refractivity (Wildman–Crippen MR) is 169 cm³/mol. The number of hydrogen-bond acceptors (Lipinski definition) is 5. The van der Waals surface area contributed by atoms with Crippen molar-refractivity contribution in [3.63, 3.8) is 0 Å². The van der Waals surface area contributed by atoms with Gasteiger partial charge in [0.1, 0.15) is 22.3 Å². The van der Waals surface area contributed by atoms with Crippen molar-refractivity contribution in [3.05, 3.63) is 137 Å². The fourth-order valence-corrected chi connectivity index (χ4v) is 5.92. The van der Waals surface area contributed by atoms with Crippen LogP contribution in [-0.4, -0.2) is 4.92 Å². The zero-order chi connectivity index (χ0) is 29.1. The molecular formula is C37H20N2O4. The average Bonchev–Trinajstić information content (AvgIpc) is 3.61.